The zero-order chi connectivity index (χ0) is 19.8. The highest BCUT2D eigenvalue weighted by molar-refractivity contribution is 5.91. The highest BCUT2D eigenvalue weighted by Crippen LogP contribution is 2.13. The molecule has 1 aromatic carbocycles. The molecule has 1 aliphatic rings. The van der Waals surface area contributed by atoms with Crippen LogP contribution in [0.2, 0.25) is 0 Å². The highest BCUT2D eigenvalue weighted by Gasteiger charge is 2.22. The van der Waals surface area contributed by atoms with E-state index in [0.717, 1.165) is 0 Å². The molecule has 1 saturated heterocycles. The molecule has 0 bridgehead atoms. The Morgan fingerprint density at radius 1 is 1.15 bits per heavy atom. The zero-order valence-corrected chi connectivity index (χ0v) is 15.7. The van der Waals surface area contributed by atoms with Crippen LogP contribution in [-0.2, 0) is 9.53 Å². The summed E-state index contributed by atoms with van der Waals surface area (Å²) in [7, 11) is 0. The quantitative estimate of drug-likeness (QED) is 0.448. The number of amides is 2. The zero-order valence-electron chi connectivity index (χ0n) is 15.7. The van der Waals surface area contributed by atoms with Crippen LogP contribution in [-0.4, -0.2) is 59.5 Å². The van der Waals surface area contributed by atoms with E-state index in [9.17, 15) is 19.7 Å². The smallest absolute Gasteiger partial charge is 0.409 e. The molecule has 0 aromatic heterocycles. The third-order valence-electron chi connectivity index (χ3n) is 4.13. The SMILES string of the molecule is CC(C)COC(=O)N1CCCN(C(=O)C=Cc2ccc([N+](=O)[O-])cc2)CC1. The van der Waals surface area contributed by atoms with Gasteiger partial charge in [-0.2, -0.15) is 0 Å². The summed E-state index contributed by atoms with van der Waals surface area (Å²) < 4.78 is 5.25. The molecule has 8 nitrogen and oxygen atoms in total. The number of benzene rings is 1. The van der Waals surface area contributed by atoms with E-state index in [2.05, 4.69) is 0 Å². The monoisotopic (exact) mass is 375 g/mol. The first-order chi connectivity index (χ1) is 12.9. The fourth-order valence-electron chi connectivity index (χ4n) is 2.63. The van der Waals surface area contributed by atoms with Crippen molar-refractivity contribution in [3.05, 3.63) is 46.0 Å². The summed E-state index contributed by atoms with van der Waals surface area (Å²) in [4.78, 5) is 38.0. The van der Waals surface area contributed by atoms with Crippen molar-refractivity contribution in [3.8, 4) is 0 Å². The van der Waals surface area contributed by atoms with Crippen LogP contribution in [0.3, 0.4) is 0 Å². The molecule has 2 amide bonds. The maximum absolute atomic E-state index is 12.4. The van der Waals surface area contributed by atoms with Crippen molar-refractivity contribution in [1.82, 2.24) is 9.80 Å². The Morgan fingerprint density at radius 3 is 2.41 bits per heavy atom. The predicted octanol–water partition coefficient (Wildman–Crippen LogP) is 2.93. The van der Waals surface area contributed by atoms with Crippen molar-refractivity contribution < 1.29 is 19.2 Å². The van der Waals surface area contributed by atoms with E-state index in [4.69, 9.17) is 4.74 Å². The molecule has 0 radical (unpaired) electrons. The summed E-state index contributed by atoms with van der Waals surface area (Å²) in [6.45, 7) is 6.36. The normalized spacial score (nSPS) is 15.1. The third-order valence-corrected chi connectivity index (χ3v) is 4.13. The van der Waals surface area contributed by atoms with Gasteiger partial charge < -0.3 is 14.5 Å². The highest BCUT2D eigenvalue weighted by atomic mass is 16.6. The van der Waals surface area contributed by atoms with E-state index in [1.165, 1.54) is 18.2 Å². The number of nitro groups is 1. The first-order valence-electron chi connectivity index (χ1n) is 9.00. The first kappa shape index (κ1) is 20.4. The standard InChI is InChI=1S/C19H25N3O5/c1-15(2)14-27-19(24)21-11-3-10-20(12-13-21)18(23)9-6-16-4-7-17(8-5-16)22(25)26/h4-9,15H,3,10-14H2,1-2H3. The van der Waals surface area contributed by atoms with E-state index in [-0.39, 0.29) is 23.6 Å². The van der Waals surface area contributed by atoms with Gasteiger partial charge in [0, 0.05) is 44.4 Å². The molecule has 1 aliphatic heterocycles. The van der Waals surface area contributed by atoms with Crippen LogP contribution < -0.4 is 0 Å². The van der Waals surface area contributed by atoms with Crippen molar-refractivity contribution >= 4 is 23.8 Å². The van der Waals surface area contributed by atoms with Gasteiger partial charge in [-0.3, -0.25) is 14.9 Å². The number of hydrogen-bond donors (Lipinski definition) is 0. The summed E-state index contributed by atoms with van der Waals surface area (Å²) >= 11 is 0. The van der Waals surface area contributed by atoms with Crippen molar-refractivity contribution in [2.45, 2.75) is 20.3 Å². The topological polar surface area (TPSA) is 93.0 Å². The number of carbonyl (C=O) groups excluding carboxylic acids is 2. The second kappa shape index (κ2) is 9.70. The number of nitro benzene ring substituents is 1. The molecular formula is C19H25N3O5. The van der Waals surface area contributed by atoms with Crippen molar-refractivity contribution in [1.29, 1.82) is 0 Å². The van der Waals surface area contributed by atoms with Gasteiger partial charge in [-0.15, -0.1) is 0 Å². The Morgan fingerprint density at radius 2 is 1.78 bits per heavy atom. The Balaban J connectivity index is 1.88. The van der Waals surface area contributed by atoms with Crippen LogP contribution in [0.15, 0.2) is 30.3 Å². The number of nitrogens with zero attached hydrogens (tertiary/aromatic N) is 3. The largest absolute Gasteiger partial charge is 0.449 e. The lowest BCUT2D eigenvalue weighted by Crippen LogP contribution is -2.37. The van der Waals surface area contributed by atoms with Gasteiger partial charge in [0.1, 0.15) is 0 Å². The molecule has 0 N–H and O–H groups in total. The van der Waals surface area contributed by atoms with Gasteiger partial charge >= 0.3 is 6.09 Å². The summed E-state index contributed by atoms with van der Waals surface area (Å²) in [6, 6.07) is 5.99. The molecular weight excluding hydrogens is 350 g/mol. The molecule has 0 aliphatic carbocycles. The van der Waals surface area contributed by atoms with Crippen LogP contribution in [0, 0.1) is 16.0 Å². The summed E-state index contributed by atoms with van der Waals surface area (Å²) in [5, 5.41) is 10.7. The van der Waals surface area contributed by atoms with Crippen LogP contribution >= 0.6 is 0 Å². The minimum atomic E-state index is -0.464. The second-order valence-corrected chi connectivity index (χ2v) is 6.82. The van der Waals surface area contributed by atoms with Gasteiger partial charge in [0.25, 0.3) is 5.69 Å². The van der Waals surface area contributed by atoms with Gasteiger partial charge in [-0.1, -0.05) is 13.8 Å². The minimum absolute atomic E-state index is 0.00967. The molecule has 0 spiro atoms. The fourth-order valence-corrected chi connectivity index (χ4v) is 2.63. The number of non-ortho nitro benzene ring substituents is 1. The minimum Gasteiger partial charge on any atom is -0.449 e. The lowest BCUT2D eigenvalue weighted by Gasteiger charge is -2.21. The van der Waals surface area contributed by atoms with E-state index in [0.29, 0.717) is 44.8 Å². The Kier molecular flexibility index (Phi) is 7.34. The maximum Gasteiger partial charge on any atom is 0.409 e. The fraction of sp³-hybridized carbons (Fsp3) is 0.474. The molecule has 1 aromatic rings. The number of rotatable bonds is 5. The lowest BCUT2D eigenvalue weighted by molar-refractivity contribution is -0.384. The Bertz CT molecular complexity index is 700. The molecule has 1 fully saturated rings. The molecule has 2 rings (SSSR count). The van der Waals surface area contributed by atoms with E-state index < -0.39 is 4.92 Å². The average Bonchev–Trinajstić information content (AvgIpc) is 2.90. The number of carbonyl (C=O) groups is 2. The van der Waals surface area contributed by atoms with Crippen LogP contribution in [0.4, 0.5) is 10.5 Å². The van der Waals surface area contributed by atoms with Crippen LogP contribution in [0.25, 0.3) is 6.08 Å². The van der Waals surface area contributed by atoms with Crippen molar-refractivity contribution in [2.75, 3.05) is 32.8 Å². The van der Waals surface area contributed by atoms with Gasteiger partial charge in [0.15, 0.2) is 0 Å². The average molecular weight is 375 g/mol. The molecule has 0 atom stereocenters. The van der Waals surface area contributed by atoms with Crippen molar-refractivity contribution in [3.63, 3.8) is 0 Å². The Labute approximate surface area is 158 Å². The first-order valence-corrected chi connectivity index (χ1v) is 9.00. The van der Waals surface area contributed by atoms with Gasteiger partial charge in [0.2, 0.25) is 5.91 Å². The Hall–Kier alpha value is -2.90. The van der Waals surface area contributed by atoms with Crippen LogP contribution in [0.5, 0.6) is 0 Å². The number of hydrogen-bond acceptors (Lipinski definition) is 5. The number of ether oxygens (including phenoxy) is 1. The van der Waals surface area contributed by atoms with Crippen molar-refractivity contribution in [2.24, 2.45) is 5.92 Å². The van der Waals surface area contributed by atoms with Gasteiger partial charge in [0.05, 0.1) is 11.5 Å². The summed E-state index contributed by atoms with van der Waals surface area (Å²) in [5.41, 5.74) is 0.720. The third kappa shape index (κ3) is 6.40. The molecule has 0 saturated carbocycles. The lowest BCUT2D eigenvalue weighted by atomic mass is 10.2. The maximum atomic E-state index is 12.4. The summed E-state index contributed by atoms with van der Waals surface area (Å²) in [6.07, 6.45) is 3.44. The molecule has 27 heavy (non-hydrogen) atoms. The molecule has 0 unspecified atom stereocenters. The van der Waals surface area contributed by atoms with Gasteiger partial charge in [-0.25, -0.2) is 4.79 Å². The molecule has 146 valence electrons. The van der Waals surface area contributed by atoms with E-state index in [1.54, 1.807) is 28.0 Å². The van der Waals surface area contributed by atoms with Gasteiger partial charge in [-0.05, 0) is 36.1 Å². The van der Waals surface area contributed by atoms with E-state index >= 15 is 0 Å². The summed E-state index contributed by atoms with van der Waals surface area (Å²) in [5.74, 6) is 0.134. The van der Waals surface area contributed by atoms with Crippen LogP contribution in [0.1, 0.15) is 25.8 Å². The second-order valence-electron chi connectivity index (χ2n) is 6.82. The van der Waals surface area contributed by atoms with E-state index in [1.807, 2.05) is 13.8 Å². The predicted molar refractivity (Wildman–Crippen MR) is 101 cm³/mol. The molecule has 8 heteroatoms. The molecule has 1 heterocycles.